The molecule has 1 saturated heterocycles. The van der Waals surface area contributed by atoms with Gasteiger partial charge in [0.1, 0.15) is 5.78 Å². The fraction of sp³-hybridized carbons (Fsp3) is 0.533. The number of rotatable bonds is 3. The van der Waals surface area contributed by atoms with Crippen LogP contribution in [-0.4, -0.2) is 43.4 Å². The summed E-state index contributed by atoms with van der Waals surface area (Å²) in [6.45, 7) is 5.30. The maximum atomic E-state index is 11.4. The van der Waals surface area contributed by atoms with Gasteiger partial charge in [-0.15, -0.1) is 0 Å². The molecule has 0 bridgehead atoms. The molecule has 0 amide bonds. The van der Waals surface area contributed by atoms with Gasteiger partial charge in [0.2, 0.25) is 0 Å². The van der Waals surface area contributed by atoms with E-state index in [1.165, 1.54) is 5.69 Å². The number of hydrogen-bond acceptors (Lipinski definition) is 3. The lowest BCUT2D eigenvalue weighted by atomic mass is 9.83. The van der Waals surface area contributed by atoms with Gasteiger partial charge in [-0.25, -0.2) is 0 Å². The summed E-state index contributed by atoms with van der Waals surface area (Å²) in [5.41, 5.74) is 1.32. The first-order valence-electron chi connectivity index (χ1n) is 6.88. The van der Waals surface area contributed by atoms with Crippen LogP contribution in [0.25, 0.3) is 0 Å². The molecular weight excluding hydrogens is 224 g/mol. The van der Waals surface area contributed by atoms with Crippen LogP contribution in [0.2, 0.25) is 0 Å². The molecule has 1 unspecified atom stereocenters. The zero-order chi connectivity index (χ0) is 12.4. The SMILES string of the molecule is O=C1CCC1CN1CCN(c2ccccc2)CC1. The third kappa shape index (κ3) is 2.41. The molecule has 0 aromatic heterocycles. The second-order valence-electron chi connectivity index (χ2n) is 5.33. The summed E-state index contributed by atoms with van der Waals surface area (Å²) in [6, 6.07) is 10.6. The standard InChI is InChI=1S/C15H20N2O/c18-15-7-6-13(15)12-16-8-10-17(11-9-16)14-4-2-1-3-5-14/h1-5,13H,6-12H2. The minimum atomic E-state index is 0.341. The van der Waals surface area contributed by atoms with Crippen molar-refractivity contribution in [1.82, 2.24) is 4.90 Å². The van der Waals surface area contributed by atoms with E-state index >= 15 is 0 Å². The van der Waals surface area contributed by atoms with E-state index in [9.17, 15) is 4.79 Å². The Kier molecular flexibility index (Phi) is 3.33. The van der Waals surface area contributed by atoms with Crippen LogP contribution in [0.3, 0.4) is 0 Å². The van der Waals surface area contributed by atoms with Crippen molar-refractivity contribution < 1.29 is 4.79 Å². The van der Waals surface area contributed by atoms with E-state index in [1.54, 1.807) is 0 Å². The van der Waals surface area contributed by atoms with Crippen LogP contribution in [0.1, 0.15) is 12.8 Å². The summed E-state index contributed by atoms with van der Waals surface area (Å²) in [5.74, 6) is 0.814. The molecule has 18 heavy (non-hydrogen) atoms. The molecule has 1 aliphatic carbocycles. The van der Waals surface area contributed by atoms with Crippen molar-refractivity contribution in [3.05, 3.63) is 30.3 Å². The molecule has 1 heterocycles. The topological polar surface area (TPSA) is 23.6 Å². The fourth-order valence-corrected chi connectivity index (χ4v) is 2.80. The maximum absolute atomic E-state index is 11.4. The van der Waals surface area contributed by atoms with E-state index in [0.717, 1.165) is 45.6 Å². The molecule has 3 heteroatoms. The van der Waals surface area contributed by atoms with Gasteiger partial charge in [-0.3, -0.25) is 9.69 Å². The summed E-state index contributed by atoms with van der Waals surface area (Å²) < 4.78 is 0. The Balaban J connectivity index is 1.50. The monoisotopic (exact) mass is 244 g/mol. The van der Waals surface area contributed by atoms with Crippen LogP contribution in [0.4, 0.5) is 5.69 Å². The number of anilines is 1. The molecular formula is C15H20N2O. The minimum absolute atomic E-state index is 0.341. The lowest BCUT2D eigenvalue weighted by Gasteiger charge is -2.38. The smallest absolute Gasteiger partial charge is 0.137 e. The van der Waals surface area contributed by atoms with Gasteiger partial charge >= 0.3 is 0 Å². The van der Waals surface area contributed by atoms with E-state index in [4.69, 9.17) is 0 Å². The van der Waals surface area contributed by atoms with Gasteiger partial charge in [-0.2, -0.15) is 0 Å². The molecule has 96 valence electrons. The van der Waals surface area contributed by atoms with E-state index < -0.39 is 0 Å². The first kappa shape index (κ1) is 11.7. The zero-order valence-corrected chi connectivity index (χ0v) is 10.7. The number of nitrogens with zero attached hydrogens (tertiary/aromatic N) is 2. The Hall–Kier alpha value is -1.35. The largest absolute Gasteiger partial charge is 0.369 e. The Morgan fingerprint density at radius 1 is 1.06 bits per heavy atom. The number of carbonyl (C=O) groups is 1. The highest BCUT2D eigenvalue weighted by molar-refractivity contribution is 5.86. The maximum Gasteiger partial charge on any atom is 0.137 e. The zero-order valence-electron chi connectivity index (χ0n) is 10.7. The molecule has 2 fully saturated rings. The summed E-state index contributed by atoms with van der Waals surface area (Å²) in [5, 5.41) is 0. The molecule has 2 aliphatic rings. The molecule has 1 aromatic carbocycles. The summed E-state index contributed by atoms with van der Waals surface area (Å²) in [4.78, 5) is 16.2. The van der Waals surface area contributed by atoms with Crippen molar-refractivity contribution in [1.29, 1.82) is 0 Å². The van der Waals surface area contributed by atoms with Gasteiger partial charge in [-0.05, 0) is 18.6 Å². The molecule has 0 N–H and O–H groups in total. The fourth-order valence-electron chi connectivity index (χ4n) is 2.80. The number of Topliss-reactive ketones (excluding diaryl/α,β-unsaturated/α-hetero) is 1. The third-order valence-electron chi connectivity index (χ3n) is 4.17. The Labute approximate surface area is 108 Å². The van der Waals surface area contributed by atoms with Gasteiger partial charge in [0, 0.05) is 50.7 Å². The van der Waals surface area contributed by atoms with Crippen LogP contribution in [0.5, 0.6) is 0 Å². The molecule has 1 saturated carbocycles. The van der Waals surface area contributed by atoms with Gasteiger partial charge in [0.25, 0.3) is 0 Å². The number of ketones is 1. The van der Waals surface area contributed by atoms with E-state index in [-0.39, 0.29) is 0 Å². The molecule has 0 spiro atoms. The van der Waals surface area contributed by atoms with Gasteiger partial charge in [0.15, 0.2) is 0 Å². The van der Waals surface area contributed by atoms with E-state index in [0.29, 0.717) is 11.7 Å². The molecule has 1 aliphatic heterocycles. The van der Waals surface area contributed by atoms with Crippen LogP contribution < -0.4 is 4.90 Å². The molecule has 1 atom stereocenters. The van der Waals surface area contributed by atoms with Crippen LogP contribution in [0, 0.1) is 5.92 Å². The average molecular weight is 244 g/mol. The summed E-state index contributed by atoms with van der Waals surface area (Å²) in [7, 11) is 0. The quantitative estimate of drug-likeness (QED) is 0.810. The van der Waals surface area contributed by atoms with Crippen molar-refractivity contribution >= 4 is 11.5 Å². The lowest BCUT2D eigenvalue weighted by molar-refractivity contribution is -0.130. The van der Waals surface area contributed by atoms with Crippen molar-refractivity contribution in [2.24, 2.45) is 5.92 Å². The number of benzene rings is 1. The van der Waals surface area contributed by atoms with E-state index in [1.807, 2.05) is 0 Å². The highest BCUT2D eigenvalue weighted by Gasteiger charge is 2.30. The number of piperazine rings is 1. The highest BCUT2D eigenvalue weighted by Crippen LogP contribution is 2.24. The van der Waals surface area contributed by atoms with Gasteiger partial charge in [0.05, 0.1) is 0 Å². The predicted octanol–water partition coefficient (Wildman–Crippen LogP) is 1.79. The van der Waals surface area contributed by atoms with Crippen molar-refractivity contribution in [3.63, 3.8) is 0 Å². The molecule has 3 nitrogen and oxygen atoms in total. The molecule has 1 aromatic rings. The third-order valence-corrected chi connectivity index (χ3v) is 4.17. The first-order valence-corrected chi connectivity index (χ1v) is 6.88. The Morgan fingerprint density at radius 2 is 1.78 bits per heavy atom. The number of para-hydroxylation sites is 1. The number of hydrogen-bond donors (Lipinski definition) is 0. The van der Waals surface area contributed by atoms with Crippen LogP contribution >= 0.6 is 0 Å². The highest BCUT2D eigenvalue weighted by atomic mass is 16.1. The van der Waals surface area contributed by atoms with Crippen LogP contribution in [-0.2, 0) is 4.79 Å². The summed E-state index contributed by atoms with van der Waals surface area (Å²) >= 11 is 0. The molecule has 3 rings (SSSR count). The Morgan fingerprint density at radius 3 is 2.33 bits per heavy atom. The van der Waals surface area contributed by atoms with Gasteiger partial charge < -0.3 is 4.90 Å². The second kappa shape index (κ2) is 5.11. The van der Waals surface area contributed by atoms with Crippen molar-refractivity contribution in [2.75, 3.05) is 37.6 Å². The van der Waals surface area contributed by atoms with Crippen LogP contribution in [0.15, 0.2) is 30.3 Å². The Bertz CT molecular complexity index is 410. The van der Waals surface area contributed by atoms with E-state index in [2.05, 4.69) is 40.1 Å². The predicted molar refractivity (Wildman–Crippen MR) is 72.8 cm³/mol. The lowest BCUT2D eigenvalue weighted by Crippen LogP contribution is -2.49. The van der Waals surface area contributed by atoms with Crippen molar-refractivity contribution in [3.8, 4) is 0 Å². The molecule has 0 radical (unpaired) electrons. The number of carbonyl (C=O) groups excluding carboxylic acids is 1. The minimum Gasteiger partial charge on any atom is -0.369 e. The van der Waals surface area contributed by atoms with Gasteiger partial charge in [-0.1, -0.05) is 18.2 Å². The normalized spacial score (nSPS) is 25.0. The first-order chi connectivity index (χ1) is 8.83. The summed E-state index contributed by atoms with van der Waals surface area (Å²) in [6.07, 6.45) is 1.92. The second-order valence-corrected chi connectivity index (χ2v) is 5.33. The van der Waals surface area contributed by atoms with Crippen molar-refractivity contribution in [2.45, 2.75) is 12.8 Å². The average Bonchev–Trinajstić information content (AvgIpc) is 2.45.